The number of likely N-dealkylation sites (N-methyl/N-ethyl adjacent to an activating group) is 1. The lowest BCUT2D eigenvalue weighted by atomic mass is 10.1. The first-order chi connectivity index (χ1) is 8.72. The van der Waals surface area contributed by atoms with Gasteiger partial charge in [-0.1, -0.05) is 0 Å². The van der Waals surface area contributed by atoms with E-state index in [4.69, 9.17) is 5.73 Å². The van der Waals surface area contributed by atoms with Gasteiger partial charge in [0.25, 0.3) is 0 Å². The first-order valence-electron chi connectivity index (χ1n) is 5.77. The second-order valence-corrected chi connectivity index (χ2v) is 5.10. The van der Waals surface area contributed by atoms with Gasteiger partial charge in [0.2, 0.25) is 0 Å². The van der Waals surface area contributed by atoms with Gasteiger partial charge >= 0.3 is 0 Å². The third-order valence-electron chi connectivity index (χ3n) is 2.94. The summed E-state index contributed by atoms with van der Waals surface area (Å²) in [7, 11) is 2.05. The van der Waals surface area contributed by atoms with Crippen molar-refractivity contribution in [2.24, 2.45) is 5.73 Å². The molecule has 0 aliphatic heterocycles. The predicted octanol–water partition coefficient (Wildman–Crippen LogP) is 1.37. The highest BCUT2D eigenvalue weighted by Crippen LogP contribution is 2.21. The SMILES string of the molecule is Cc1ncsc1CN(C)C(CN)c1ccncn1. The Morgan fingerprint density at radius 1 is 1.44 bits per heavy atom. The monoisotopic (exact) mass is 263 g/mol. The van der Waals surface area contributed by atoms with Gasteiger partial charge in [0.05, 0.1) is 22.9 Å². The maximum absolute atomic E-state index is 5.86. The Hall–Kier alpha value is -1.37. The lowest BCUT2D eigenvalue weighted by molar-refractivity contribution is 0.238. The van der Waals surface area contributed by atoms with Crippen molar-refractivity contribution < 1.29 is 0 Å². The van der Waals surface area contributed by atoms with Crippen molar-refractivity contribution >= 4 is 11.3 Å². The minimum Gasteiger partial charge on any atom is -0.329 e. The normalized spacial score (nSPS) is 12.9. The third-order valence-corrected chi connectivity index (χ3v) is 3.86. The minimum absolute atomic E-state index is 0.106. The molecule has 0 fully saturated rings. The standard InChI is InChI=1S/C12H17N5S/c1-9-12(18-8-16-9)6-17(2)11(5-13)10-3-4-14-7-15-10/h3-4,7-8,11H,5-6,13H2,1-2H3. The van der Waals surface area contributed by atoms with E-state index in [1.54, 1.807) is 23.9 Å². The summed E-state index contributed by atoms with van der Waals surface area (Å²) in [4.78, 5) is 15.9. The van der Waals surface area contributed by atoms with Gasteiger partial charge in [0.15, 0.2) is 0 Å². The van der Waals surface area contributed by atoms with E-state index in [1.165, 1.54) is 4.88 Å². The lowest BCUT2D eigenvalue weighted by Gasteiger charge is -2.25. The fourth-order valence-electron chi connectivity index (χ4n) is 1.84. The first-order valence-corrected chi connectivity index (χ1v) is 6.65. The molecule has 2 heterocycles. The van der Waals surface area contributed by atoms with Crippen LogP contribution in [0.1, 0.15) is 22.3 Å². The van der Waals surface area contributed by atoms with E-state index in [2.05, 4.69) is 26.9 Å². The summed E-state index contributed by atoms with van der Waals surface area (Å²) in [6.45, 7) is 3.40. The Morgan fingerprint density at radius 3 is 2.83 bits per heavy atom. The van der Waals surface area contributed by atoms with Crippen LogP contribution in [0.5, 0.6) is 0 Å². The van der Waals surface area contributed by atoms with Gasteiger partial charge in [-0.25, -0.2) is 15.0 Å². The molecule has 1 atom stereocenters. The lowest BCUT2D eigenvalue weighted by Crippen LogP contribution is -2.30. The molecular formula is C12H17N5S. The zero-order chi connectivity index (χ0) is 13.0. The Morgan fingerprint density at radius 2 is 2.28 bits per heavy atom. The van der Waals surface area contributed by atoms with E-state index in [1.807, 2.05) is 18.5 Å². The van der Waals surface area contributed by atoms with Crippen LogP contribution in [0.3, 0.4) is 0 Å². The molecule has 2 aromatic rings. The Balaban J connectivity index is 2.11. The Bertz CT molecular complexity index is 484. The molecule has 2 aromatic heterocycles. The number of aromatic nitrogens is 3. The molecule has 0 saturated heterocycles. The third kappa shape index (κ3) is 2.90. The molecular weight excluding hydrogens is 246 g/mol. The summed E-state index contributed by atoms with van der Waals surface area (Å²) in [6.07, 6.45) is 3.31. The molecule has 0 bridgehead atoms. The molecule has 2 rings (SSSR count). The number of nitrogens with zero attached hydrogens (tertiary/aromatic N) is 4. The van der Waals surface area contributed by atoms with Crippen LogP contribution < -0.4 is 5.73 Å². The summed E-state index contributed by atoms with van der Waals surface area (Å²) in [5, 5.41) is 0. The maximum atomic E-state index is 5.86. The van der Waals surface area contributed by atoms with E-state index in [0.29, 0.717) is 6.54 Å². The topological polar surface area (TPSA) is 67.9 Å². The zero-order valence-corrected chi connectivity index (χ0v) is 11.4. The summed E-state index contributed by atoms with van der Waals surface area (Å²) >= 11 is 1.67. The Labute approximate surface area is 111 Å². The van der Waals surface area contributed by atoms with Crippen molar-refractivity contribution in [3.63, 3.8) is 0 Å². The van der Waals surface area contributed by atoms with Crippen molar-refractivity contribution in [3.05, 3.63) is 40.4 Å². The van der Waals surface area contributed by atoms with Crippen molar-refractivity contribution in [2.75, 3.05) is 13.6 Å². The largest absolute Gasteiger partial charge is 0.329 e. The maximum Gasteiger partial charge on any atom is 0.115 e. The summed E-state index contributed by atoms with van der Waals surface area (Å²) < 4.78 is 0. The van der Waals surface area contributed by atoms with Crippen LogP contribution in [0.15, 0.2) is 24.1 Å². The summed E-state index contributed by atoms with van der Waals surface area (Å²) in [5.74, 6) is 0. The molecule has 0 aliphatic carbocycles. The quantitative estimate of drug-likeness (QED) is 0.882. The van der Waals surface area contributed by atoms with Gasteiger partial charge < -0.3 is 5.73 Å². The molecule has 0 amide bonds. The summed E-state index contributed by atoms with van der Waals surface area (Å²) in [5.41, 5.74) is 9.78. The Kier molecular flexibility index (Phi) is 4.35. The van der Waals surface area contributed by atoms with Crippen LogP contribution in [0, 0.1) is 6.92 Å². The van der Waals surface area contributed by atoms with Crippen LogP contribution in [-0.4, -0.2) is 33.4 Å². The first kappa shape index (κ1) is 13.1. The van der Waals surface area contributed by atoms with Crippen molar-refractivity contribution in [1.82, 2.24) is 19.9 Å². The highest BCUT2D eigenvalue weighted by molar-refractivity contribution is 7.09. The van der Waals surface area contributed by atoms with Gasteiger partial charge in [0, 0.05) is 24.2 Å². The van der Waals surface area contributed by atoms with Gasteiger partial charge in [-0.3, -0.25) is 4.90 Å². The second kappa shape index (κ2) is 5.99. The van der Waals surface area contributed by atoms with Crippen LogP contribution in [0.25, 0.3) is 0 Å². The zero-order valence-electron chi connectivity index (χ0n) is 10.6. The molecule has 5 nitrogen and oxygen atoms in total. The number of hydrogen-bond acceptors (Lipinski definition) is 6. The highest BCUT2D eigenvalue weighted by atomic mass is 32.1. The molecule has 18 heavy (non-hydrogen) atoms. The van der Waals surface area contributed by atoms with E-state index < -0.39 is 0 Å². The second-order valence-electron chi connectivity index (χ2n) is 4.16. The van der Waals surface area contributed by atoms with E-state index in [0.717, 1.165) is 17.9 Å². The van der Waals surface area contributed by atoms with Crippen molar-refractivity contribution in [3.8, 4) is 0 Å². The van der Waals surface area contributed by atoms with Crippen LogP contribution in [0.4, 0.5) is 0 Å². The average Bonchev–Trinajstić information content (AvgIpc) is 2.77. The van der Waals surface area contributed by atoms with Gasteiger partial charge in [-0.05, 0) is 20.0 Å². The molecule has 1 unspecified atom stereocenters. The number of aryl methyl sites for hydroxylation is 1. The van der Waals surface area contributed by atoms with Crippen LogP contribution in [-0.2, 0) is 6.54 Å². The molecule has 96 valence electrons. The molecule has 0 aliphatic rings. The molecule has 0 aromatic carbocycles. The number of rotatable bonds is 5. The predicted molar refractivity (Wildman–Crippen MR) is 72.1 cm³/mol. The molecule has 0 spiro atoms. The average molecular weight is 263 g/mol. The van der Waals surface area contributed by atoms with Gasteiger partial charge in [0.1, 0.15) is 6.33 Å². The van der Waals surface area contributed by atoms with E-state index >= 15 is 0 Å². The van der Waals surface area contributed by atoms with Crippen LogP contribution >= 0.6 is 11.3 Å². The fourth-order valence-corrected chi connectivity index (χ4v) is 2.68. The number of hydrogen-bond donors (Lipinski definition) is 1. The van der Waals surface area contributed by atoms with Gasteiger partial charge in [-0.15, -0.1) is 11.3 Å². The summed E-state index contributed by atoms with van der Waals surface area (Å²) in [6, 6.07) is 2.02. The molecule has 0 radical (unpaired) electrons. The minimum atomic E-state index is 0.106. The van der Waals surface area contributed by atoms with E-state index in [-0.39, 0.29) is 6.04 Å². The molecule has 2 N–H and O–H groups in total. The highest BCUT2D eigenvalue weighted by Gasteiger charge is 2.18. The molecule has 6 heteroatoms. The van der Waals surface area contributed by atoms with E-state index in [9.17, 15) is 0 Å². The number of nitrogens with two attached hydrogens (primary N) is 1. The number of thiazole rings is 1. The fraction of sp³-hybridized carbons (Fsp3) is 0.417. The molecule has 0 saturated carbocycles. The van der Waals surface area contributed by atoms with Crippen LogP contribution in [0.2, 0.25) is 0 Å². The van der Waals surface area contributed by atoms with Crippen molar-refractivity contribution in [2.45, 2.75) is 19.5 Å². The van der Waals surface area contributed by atoms with Crippen molar-refractivity contribution in [1.29, 1.82) is 0 Å². The smallest absolute Gasteiger partial charge is 0.115 e. The van der Waals surface area contributed by atoms with Gasteiger partial charge in [-0.2, -0.15) is 0 Å².